The molecule has 0 aromatic carbocycles. The second kappa shape index (κ2) is 6.70. The highest BCUT2D eigenvalue weighted by Gasteiger charge is 2.31. The zero-order valence-corrected chi connectivity index (χ0v) is 12.3. The van der Waals surface area contributed by atoms with Gasteiger partial charge in [-0.05, 0) is 44.7 Å². The summed E-state index contributed by atoms with van der Waals surface area (Å²) in [6.45, 7) is 4.97. The van der Waals surface area contributed by atoms with Crippen LogP contribution in [-0.4, -0.2) is 42.8 Å². The minimum atomic E-state index is 0.505. The Balaban J connectivity index is 1.55. The molecule has 1 aliphatic carbocycles. The van der Waals surface area contributed by atoms with E-state index in [4.69, 9.17) is 9.26 Å². The predicted octanol–water partition coefficient (Wildman–Crippen LogP) is 1.78. The van der Waals surface area contributed by atoms with E-state index in [0.29, 0.717) is 6.61 Å². The SMILES string of the molecule is COCc1cc(CN(CC2CCNCC2)C2CC2)no1. The summed E-state index contributed by atoms with van der Waals surface area (Å²) in [6.07, 6.45) is 5.29. The molecule has 1 aromatic rings. The van der Waals surface area contributed by atoms with E-state index in [2.05, 4.69) is 15.4 Å². The maximum atomic E-state index is 5.28. The van der Waals surface area contributed by atoms with Crippen LogP contribution in [0.1, 0.15) is 37.1 Å². The molecule has 0 radical (unpaired) electrons. The van der Waals surface area contributed by atoms with Gasteiger partial charge in [-0.1, -0.05) is 5.16 Å². The Labute approximate surface area is 120 Å². The van der Waals surface area contributed by atoms with Gasteiger partial charge in [0.2, 0.25) is 0 Å². The Morgan fingerprint density at radius 2 is 2.15 bits per heavy atom. The molecule has 0 unspecified atom stereocenters. The fourth-order valence-electron chi connectivity index (χ4n) is 3.03. The number of ether oxygens (including phenoxy) is 1. The van der Waals surface area contributed by atoms with Gasteiger partial charge in [0.25, 0.3) is 0 Å². The summed E-state index contributed by atoms with van der Waals surface area (Å²) in [5.41, 5.74) is 1.04. The molecular weight excluding hydrogens is 254 g/mol. The van der Waals surface area contributed by atoms with Crippen molar-refractivity contribution in [3.63, 3.8) is 0 Å². The van der Waals surface area contributed by atoms with Crippen molar-refractivity contribution in [2.24, 2.45) is 5.92 Å². The molecule has 1 aliphatic heterocycles. The second-order valence-electron chi connectivity index (χ2n) is 6.07. The number of aromatic nitrogens is 1. The molecule has 1 N–H and O–H groups in total. The zero-order chi connectivity index (χ0) is 13.8. The number of hydrogen-bond acceptors (Lipinski definition) is 5. The molecule has 5 heteroatoms. The summed E-state index contributed by atoms with van der Waals surface area (Å²) in [6, 6.07) is 2.80. The standard InChI is InChI=1S/C15H25N3O2/c1-19-11-15-8-13(17-20-15)10-18(14-2-3-14)9-12-4-6-16-7-5-12/h8,12,14,16H,2-7,9-11H2,1H3. The van der Waals surface area contributed by atoms with Gasteiger partial charge in [0.1, 0.15) is 6.61 Å². The van der Waals surface area contributed by atoms with Crippen molar-refractivity contribution in [2.45, 2.75) is 44.9 Å². The second-order valence-corrected chi connectivity index (χ2v) is 6.07. The minimum Gasteiger partial charge on any atom is -0.377 e. The van der Waals surface area contributed by atoms with Crippen molar-refractivity contribution in [1.82, 2.24) is 15.4 Å². The van der Waals surface area contributed by atoms with E-state index in [1.807, 2.05) is 6.07 Å². The smallest absolute Gasteiger partial charge is 0.162 e. The highest BCUT2D eigenvalue weighted by atomic mass is 16.5. The summed E-state index contributed by atoms with van der Waals surface area (Å²) >= 11 is 0. The Bertz CT molecular complexity index is 411. The molecular formula is C15H25N3O2. The molecule has 2 fully saturated rings. The molecule has 1 saturated heterocycles. The molecule has 2 heterocycles. The summed E-state index contributed by atoms with van der Waals surface area (Å²) in [5, 5.41) is 7.61. The topological polar surface area (TPSA) is 50.5 Å². The van der Waals surface area contributed by atoms with Gasteiger partial charge in [0.15, 0.2) is 5.76 Å². The molecule has 1 saturated carbocycles. The third-order valence-electron chi connectivity index (χ3n) is 4.27. The Hall–Kier alpha value is -0.910. The third kappa shape index (κ3) is 3.81. The molecule has 5 nitrogen and oxygen atoms in total. The summed E-state index contributed by atoms with van der Waals surface area (Å²) in [4.78, 5) is 2.60. The van der Waals surface area contributed by atoms with Gasteiger partial charge in [-0.2, -0.15) is 0 Å². The van der Waals surface area contributed by atoms with Crippen LogP contribution in [0.4, 0.5) is 0 Å². The first-order valence-electron chi connectivity index (χ1n) is 7.73. The van der Waals surface area contributed by atoms with Gasteiger partial charge >= 0.3 is 0 Å². The van der Waals surface area contributed by atoms with Gasteiger partial charge in [0.05, 0.1) is 5.69 Å². The Morgan fingerprint density at radius 3 is 2.85 bits per heavy atom. The van der Waals surface area contributed by atoms with E-state index < -0.39 is 0 Å². The lowest BCUT2D eigenvalue weighted by molar-refractivity contribution is 0.155. The van der Waals surface area contributed by atoms with Crippen LogP contribution < -0.4 is 5.32 Å². The lowest BCUT2D eigenvalue weighted by Crippen LogP contribution is -2.37. The lowest BCUT2D eigenvalue weighted by Gasteiger charge is -2.29. The van der Waals surface area contributed by atoms with E-state index in [1.165, 1.54) is 45.3 Å². The fourth-order valence-corrected chi connectivity index (χ4v) is 3.03. The number of nitrogens with one attached hydrogen (secondary N) is 1. The Kier molecular flexibility index (Phi) is 4.70. The van der Waals surface area contributed by atoms with Crippen LogP contribution in [0.3, 0.4) is 0 Å². The van der Waals surface area contributed by atoms with Crippen molar-refractivity contribution < 1.29 is 9.26 Å². The average molecular weight is 279 g/mol. The monoisotopic (exact) mass is 279 g/mol. The fraction of sp³-hybridized carbons (Fsp3) is 0.800. The number of methoxy groups -OCH3 is 1. The van der Waals surface area contributed by atoms with Gasteiger partial charge in [-0.3, -0.25) is 4.90 Å². The number of piperidine rings is 1. The minimum absolute atomic E-state index is 0.505. The molecule has 3 rings (SSSR count). The zero-order valence-electron chi connectivity index (χ0n) is 12.3. The number of nitrogens with zero attached hydrogens (tertiary/aromatic N) is 2. The van der Waals surface area contributed by atoms with Crippen LogP contribution in [0, 0.1) is 5.92 Å². The Morgan fingerprint density at radius 1 is 1.35 bits per heavy atom. The summed E-state index contributed by atoms with van der Waals surface area (Å²) in [7, 11) is 1.68. The molecule has 0 atom stereocenters. The van der Waals surface area contributed by atoms with Crippen molar-refractivity contribution >= 4 is 0 Å². The van der Waals surface area contributed by atoms with Crippen molar-refractivity contribution in [1.29, 1.82) is 0 Å². The molecule has 2 aliphatic rings. The number of rotatable bonds is 7. The van der Waals surface area contributed by atoms with Crippen LogP contribution in [0.25, 0.3) is 0 Å². The van der Waals surface area contributed by atoms with Gasteiger partial charge in [-0.15, -0.1) is 0 Å². The normalized spacial score (nSPS) is 20.7. The van der Waals surface area contributed by atoms with Crippen LogP contribution in [0.2, 0.25) is 0 Å². The van der Waals surface area contributed by atoms with Crippen LogP contribution in [-0.2, 0) is 17.9 Å². The largest absolute Gasteiger partial charge is 0.377 e. The third-order valence-corrected chi connectivity index (χ3v) is 4.27. The maximum absolute atomic E-state index is 5.28. The molecule has 0 bridgehead atoms. The number of hydrogen-bond donors (Lipinski definition) is 1. The van der Waals surface area contributed by atoms with Crippen LogP contribution >= 0.6 is 0 Å². The lowest BCUT2D eigenvalue weighted by atomic mass is 9.97. The highest BCUT2D eigenvalue weighted by Crippen LogP contribution is 2.30. The van der Waals surface area contributed by atoms with E-state index in [1.54, 1.807) is 7.11 Å². The first-order valence-corrected chi connectivity index (χ1v) is 7.73. The first-order chi connectivity index (χ1) is 9.85. The summed E-state index contributed by atoms with van der Waals surface area (Å²) in [5.74, 6) is 1.65. The summed E-state index contributed by atoms with van der Waals surface area (Å²) < 4.78 is 10.4. The molecule has 0 spiro atoms. The van der Waals surface area contributed by atoms with Crippen molar-refractivity contribution in [3.05, 3.63) is 17.5 Å². The van der Waals surface area contributed by atoms with Crippen LogP contribution in [0.15, 0.2) is 10.6 Å². The molecule has 20 heavy (non-hydrogen) atoms. The molecule has 1 aromatic heterocycles. The van der Waals surface area contributed by atoms with Gasteiger partial charge < -0.3 is 14.6 Å². The van der Waals surface area contributed by atoms with Gasteiger partial charge in [-0.25, -0.2) is 0 Å². The van der Waals surface area contributed by atoms with Crippen LogP contribution in [0.5, 0.6) is 0 Å². The maximum Gasteiger partial charge on any atom is 0.162 e. The molecule has 0 amide bonds. The van der Waals surface area contributed by atoms with Crippen molar-refractivity contribution in [2.75, 3.05) is 26.7 Å². The quantitative estimate of drug-likeness (QED) is 0.824. The van der Waals surface area contributed by atoms with E-state index >= 15 is 0 Å². The van der Waals surface area contributed by atoms with E-state index in [0.717, 1.165) is 30.0 Å². The van der Waals surface area contributed by atoms with Crippen molar-refractivity contribution in [3.8, 4) is 0 Å². The van der Waals surface area contributed by atoms with E-state index in [-0.39, 0.29) is 0 Å². The predicted molar refractivity (Wildman–Crippen MR) is 76.2 cm³/mol. The molecule has 112 valence electrons. The van der Waals surface area contributed by atoms with Gasteiger partial charge in [0, 0.05) is 32.3 Å². The highest BCUT2D eigenvalue weighted by molar-refractivity contribution is 5.05. The van der Waals surface area contributed by atoms with E-state index in [9.17, 15) is 0 Å². The average Bonchev–Trinajstić information content (AvgIpc) is 3.22. The first kappa shape index (κ1) is 14.0.